The van der Waals surface area contributed by atoms with E-state index in [9.17, 15) is 4.79 Å². The maximum Gasteiger partial charge on any atom is 0.252 e. The molecule has 0 bridgehead atoms. The third-order valence-corrected chi connectivity index (χ3v) is 4.26. The summed E-state index contributed by atoms with van der Waals surface area (Å²) < 4.78 is 7.64. The van der Waals surface area contributed by atoms with Gasteiger partial charge in [0.25, 0.3) is 5.91 Å². The molecule has 0 radical (unpaired) electrons. The van der Waals surface area contributed by atoms with Crippen molar-refractivity contribution in [3.05, 3.63) is 18.2 Å². The van der Waals surface area contributed by atoms with E-state index >= 15 is 0 Å². The number of imidazole rings is 1. The number of nitrogens with zero attached hydrogens (tertiary/aromatic N) is 2. The summed E-state index contributed by atoms with van der Waals surface area (Å²) in [6.45, 7) is 7.26. The van der Waals surface area contributed by atoms with Crippen LogP contribution in [0.3, 0.4) is 0 Å². The van der Waals surface area contributed by atoms with E-state index in [1.807, 2.05) is 13.1 Å². The van der Waals surface area contributed by atoms with E-state index in [4.69, 9.17) is 4.74 Å². The number of ether oxygens (including phenoxy) is 1. The van der Waals surface area contributed by atoms with Crippen LogP contribution in [-0.4, -0.2) is 47.8 Å². The van der Waals surface area contributed by atoms with Gasteiger partial charge < -0.3 is 19.9 Å². The Bertz CT molecular complexity index is 466. The van der Waals surface area contributed by atoms with Crippen LogP contribution in [0, 0.1) is 12.8 Å². The van der Waals surface area contributed by atoms with Crippen LogP contribution in [0.5, 0.6) is 0 Å². The number of methoxy groups -OCH3 is 1. The lowest BCUT2D eigenvalue weighted by Crippen LogP contribution is -2.54. The number of hydrogen-bond acceptors (Lipinski definition) is 4. The molecule has 0 aliphatic carbocycles. The molecule has 1 aliphatic heterocycles. The lowest BCUT2D eigenvalue weighted by atomic mass is 9.91. The molecule has 2 N–H and O–H groups in total. The Hall–Kier alpha value is -1.40. The number of carbonyl (C=O) groups excluding carboxylic acids is 1. The number of nitrogens with one attached hydrogen (secondary N) is 2. The van der Waals surface area contributed by atoms with Gasteiger partial charge in [0.1, 0.15) is 11.4 Å². The van der Waals surface area contributed by atoms with E-state index in [0.717, 1.165) is 38.3 Å². The molecular weight excluding hydrogens is 268 g/mol. The Morgan fingerprint density at radius 2 is 2.29 bits per heavy atom. The molecule has 1 aromatic rings. The SMILES string of the molecule is COC1(C(=O)NCC(C)Cn2ccnc2C)CCNCC1. The lowest BCUT2D eigenvalue weighted by Gasteiger charge is -2.35. The van der Waals surface area contributed by atoms with E-state index in [2.05, 4.69) is 27.1 Å². The van der Waals surface area contributed by atoms with Crippen molar-refractivity contribution in [1.82, 2.24) is 20.2 Å². The molecule has 6 heteroatoms. The fourth-order valence-electron chi connectivity index (χ4n) is 2.78. The number of hydrogen-bond donors (Lipinski definition) is 2. The van der Waals surface area contributed by atoms with Gasteiger partial charge in [0.2, 0.25) is 0 Å². The molecule has 0 spiro atoms. The Balaban J connectivity index is 1.84. The second-order valence-electron chi connectivity index (χ2n) is 5.89. The molecular formula is C15H26N4O2. The lowest BCUT2D eigenvalue weighted by molar-refractivity contribution is -0.146. The van der Waals surface area contributed by atoms with Crippen LogP contribution in [0.1, 0.15) is 25.6 Å². The maximum atomic E-state index is 12.4. The highest BCUT2D eigenvalue weighted by atomic mass is 16.5. The molecule has 2 heterocycles. The molecule has 0 saturated carbocycles. The van der Waals surface area contributed by atoms with E-state index in [1.54, 1.807) is 13.3 Å². The van der Waals surface area contributed by atoms with Crippen molar-refractivity contribution < 1.29 is 9.53 Å². The topological polar surface area (TPSA) is 68.2 Å². The number of amides is 1. The highest BCUT2D eigenvalue weighted by molar-refractivity contribution is 5.85. The minimum atomic E-state index is -0.657. The summed E-state index contributed by atoms with van der Waals surface area (Å²) in [5, 5.41) is 6.31. The average Bonchev–Trinajstić information content (AvgIpc) is 2.90. The largest absolute Gasteiger partial charge is 0.368 e. The quantitative estimate of drug-likeness (QED) is 0.811. The van der Waals surface area contributed by atoms with Crippen LogP contribution in [0.25, 0.3) is 0 Å². The zero-order valence-electron chi connectivity index (χ0n) is 13.2. The Morgan fingerprint density at radius 3 is 2.86 bits per heavy atom. The predicted molar refractivity (Wildman–Crippen MR) is 81.0 cm³/mol. The first-order valence-electron chi connectivity index (χ1n) is 7.59. The summed E-state index contributed by atoms with van der Waals surface area (Å²) in [5.74, 6) is 1.36. The number of carbonyl (C=O) groups is 1. The van der Waals surface area contributed by atoms with Gasteiger partial charge in [0.15, 0.2) is 0 Å². The highest BCUT2D eigenvalue weighted by Crippen LogP contribution is 2.22. The number of piperidine rings is 1. The Kier molecular flexibility index (Phi) is 5.36. The molecule has 1 amide bonds. The zero-order chi connectivity index (χ0) is 15.3. The molecule has 118 valence electrons. The minimum Gasteiger partial charge on any atom is -0.368 e. The predicted octanol–water partition coefficient (Wildman–Crippen LogP) is 0.712. The van der Waals surface area contributed by atoms with E-state index < -0.39 is 5.60 Å². The zero-order valence-corrected chi connectivity index (χ0v) is 13.2. The molecule has 1 unspecified atom stereocenters. The monoisotopic (exact) mass is 294 g/mol. The maximum absolute atomic E-state index is 12.4. The van der Waals surface area contributed by atoms with Gasteiger partial charge in [-0.1, -0.05) is 6.92 Å². The van der Waals surface area contributed by atoms with Crippen molar-refractivity contribution in [3.8, 4) is 0 Å². The number of aryl methyl sites for hydroxylation is 1. The van der Waals surface area contributed by atoms with Crippen LogP contribution in [0.4, 0.5) is 0 Å². The second-order valence-corrected chi connectivity index (χ2v) is 5.89. The number of aromatic nitrogens is 2. The van der Waals surface area contributed by atoms with Crippen molar-refractivity contribution in [2.75, 3.05) is 26.7 Å². The summed E-state index contributed by atoms with van der Waals surface area (Å²) >= 11 is 0. The summed E-state index contributed by atoms with van der Waals surface area (Å²) in [7, 11) is 1.63. The van der Waals surface area contributed by atoms with Gasteiger partial charge in [-0.15, -0.1) is 0 Å². The second kappa shape index (κ2) is 7.04. The number of rotatable bonds is 6. The van der Waals surface area contributed by atoms with Crippen molar-refractivity contribution in [2.45, 2.75) is 38.8 Å². The van der Waals surface area contributed by atoms with Gasteiger partial charge in [0, 0.05) is 32.6 Å². The van der Waals surface area contributed by atoms with Gasteiger partial charge in [0.05, 0.1) is 0 Å². The Labute approximate surface area is 126 Å². The molecule has 6 nitrogen and oxygen atoms in total. The molecule has 1 aliphatic rings. The molecule has 1 fully saturated rings. The van der Waals surface area contributed by atoms with Crippen molar-refractivity contribution in [2.24, 2.45) is 5.92 Å². The van der Waals surface area contributed by atoms with Crippen molar-refractivity contribution >= 4 is 5.91 Å². The fraction of sp³-hybridized carbons (Fsp3) is 0.733. The highest BCUT2D eigenvalue weighted by Gasteiger charge is 2.39. The third kappa shape index (κ3) is 3.83. The molecule has 1 saturated heterocycles. The van der Waals surface area contributed by atoms with Gasteiger partial charge in [-0.05, 0) is 38.8 Å². The standard InChI is InChI=1S/C15H26N4O2/c1-12(11-19-9-8-17-13(19)2)10-18-14(20)15(21-3)4-6-16-7-5-15/h8-9,12,16H,4-7,10-11H2,1-3H3,(H,18,20). The van der Waals surface area contributed by atoms with Crippen molar-refractivity contribution in [3.63, 3.8) is 0 Å². The van der Waals surface area contributed by atoms with Crippen LogP contribution in [-0.2, 0) is 16.1 Å². The fourth-order valence-corrected chi connectivity index (χ4v) is 2.78. The van der Waals surface area contributed by atoms with Gasteiger partial charge in [-0.2, -0.15) is 0 Å². The Morgan fingerprint density at radius 1 is 1.57 bits per heavy atom. The smallest absolute Gasteiger partial charge is 0.252 e. The first-order valence-corrected chi connectivity index (χ1v) is 7.59. The van der Waals surface area contributed by atoms with Gasteiger partial charge in [-0.25, -0.2) is 4.98 Å². The van der Waals surface area contributed by atoms with Crippen LogP contribution < -0.4 is 10.6 Å². The van der Waals surface area contributed by atoms with Gasteiger partial charge >= 0.3 is 0 Å². The van der Waals surface area contributed by atoms with Crippen LogP contribution in [0.15, 0.2) is 12.4 Å². The average molecular weight is 294 g/mol. The molecule has 2 rings (SSSR count). The normalized spacial score (nSPS) is 19.2. The minimum absolute atomic E-state index is 0.0145. The summed E-state index contributed by atoms with van der Waals surface area (Å²) in [6.07, 6.45) is 5.22. The van der Waals surface area contributed by atoms with E-state index in [0.29, 0.717) is 12.5 Å². The molecule has 21 heavy (non-hydrogen) atoms. The first kappa shape index (κ1) is 16.0. The summed E-state index contributed by atoms with van der Waals surface area (Å²) in [6, 6.07) is 0. The summed E-state index contributed by atoms with van der Waals surface area (Å²) in [4.78, 5) is 16.7. The van der Waals surface area contributed by atoms with Crippen molar-refractivity contribution in [1.29, 1.82) is 0 Å². The third-order valence-electron chi connectivity index (χ3n) is 4.26. The first-order chi connectivity index (χ1) is 10.1. The molecule has 0 aromatic carbocycles. The molecule has 1 aromatic heterocycles. The van der Waals surface area contributed by atoms with E-state index in [1.165, 1.54) is 0 Å². The van der Waals surface area contributed by atoms with Gasteiger partial charge in [-0.3, -0.25) is 4.79 Å². The molecule has 1 atom stereocenters. The van der Waals surface area contributed by atoms with E-state index in [-0.39, 0.29) is 5.91 Å². The van der Waals surface area contributed by atoms with Crippen LogP contribution in [0.2, 0.25) is 0 Å². The van der Waals surface area contributed by atoms with Crippen LogP contribution >= 0.6 is 0 Å². The summed E-state index contributed by atoms with van der Waals surface area (Å²) in [5.41, 5.74) is -0.657.